The monoisotopic (exact) mass is 455 g/mol. The smallest absolute Gasteiger partial charge is 0.357 e. The molecule has 2 amide bonds. The number of nitrogens with zero attached hydrogens (tertiary/aromatic N) is 1. The van der Waals surface area contributed by atoms with Crippen LogP contribution in [0.15, 0.2) is 12.1 Å². The van der Waals surface area contributed by atoms with Crippen molar-refractivity contribution < 1.29 is 19.1 Å². The number of carbonyl (C=O) groups is 3. The molecule has 0 aliphatic heterocycles. The molecule has 1 aromatic carbocycles. The second-order valence-corrected chi connectivity index (χ2v) is 9.20. The predicted molar refractivity (Wildman–Crippen MR) is 129 cm³/mol. The third-order valence-corrected chi connectivity index (χ3v) is 6.61. The van der Waals surface area contributed by atoms with Crippen LogP contribution in [0.5, 0.6) is 0 Å². The number of nitrogens with one attached hydrogen (secondary N) is 2. The van der Waals surface area contributed by atoms with Gasteiger partial charge in [0.25, 0.3) is 0 Å². The number of hydrogen-bond acceptors (Lipinski definition) is 5. The van der Waals surface area contributed by atoms with Gasteiger partial charge in [0.05, 0.1) is 12.3 Å². The van der Waals surface area contributed by atoms with Crippen LogP contribution in [0.1, 0.15) is 51.5 Å². The van der Waals surface area contributed by atoms with E-state index in [9.17, 15) is 14.4 Å². The molecule has 0 bridgehead atoms. The molecule has 170 valence electrons. The number of esters is 1. The van der Waals surface area contributed by atoms with Gasteiger partial charge in [0.1, 0.15) is 11.4 Å². The molecule has 0 atom stereocenters. The molecule has 8 heteroatoms. The van der Waals surface area contributed by atoms with Gasteiger partial charge in [-0.3, -0.25) is 9.59 Å². The number of rotatable bonds is 6. The van der Waals surface area contributed by atoms with Crippen molar-refractivity contribution in [1.82, 2.24) is 4.57 Å². The number of thiophene rings is 1. The van der Waals surface area contributed by atoms with Gasteiger partial charge in [-0.05, 0) is 58.2 Å². The van der Waals surface area contributed by atoms with Gasteiger partial charge >= 0.3 is 5.97 Å². The molecule has 2 N–H and O–H groups in total. The average Bonchev–Trinajstić information content (AvgIpc) is 3.12. The highest BCUT2D eigenvalue weighted by atomic mass is 32.1. The average molecular weight is 456 g/mol. The highest BCUT2D eigenvalue weighted by molar-refractivity contribution is 7.19. The van der Waals surface area contributed by atoms with E-state index >= 15 is 0 Å². The van der Waals surface area contributed by atoms with Gasteiger partial charge in [-0.15, -0.1) is 11.3 Å². The Hall–Kier alpha value is -3.13. The molecule has 0 aliphatic rings. The van der Waals surface area contributed by atoms with Gasteiger partial charge in [0.15, 0.2) is 5.69 Å². The van der Waals surface area contributed by atoms with E-state index in [1.54, 1.807) is 11.5 Å². The zero-order chi connectivity index (χ0) is 23.7. The minimum atomic E-state index is -0.577. The molecule has 2 aromatic heterocycles. The minimum absolute atomic E-state index is 0.0869. The zero-order valence-corrected chi connectivity index (χ0v) is 20.4. The van der Waals surface area contributed by atoms with Crippen LogP contribution in [0.4, 0.5) is 11.4 Å². The van der Waals surface area contributed by atoms with Crippen LogP contribution in [-0.2, 0) is 20.9 Å². The lowest BCUT2D eigenvalue weighted by Crippen LogP contribution is -2.23. The molecule has 32 heavy (non-hydrogen) atoms. The predicted octanol–water partition coefficient (Wildman–Crippen LogP) is 5.02. The summed E-state index contributed by atoms with van der Waals surface area (Å²) >= 11 is 1.48. The van der Waals surface area contributed by atoms with Crippen molar-refractivity contribution in [3.63, 3.8) is 0 Å². The van der Waals surface area contributed by atoms with Crippen LogP contribution in [-0.4, -0.2) is 29.0 Å². The van der Waals surface area contributed by atoms with Crippen molar-refractivity contribution in [2.75, 3.05) is 17.2 Å². The van der Waals surface area contributed by atoms with Crippen LogP contribution in [0.2, 0.25) is 0 Å². The van der Waals surface area contributed by atoms with Gasteiger partial charge in [-0.25, -0.2) is 4.79 Å². The normalized spacial score (nSPS) is 11.0. The fraction of sp³-hybridized carbons (Fsp3) is 0.375. The first-order chi connectivity index (χ1) is 15.0. The molecule has 3 aromatic rings. The summed E-state index contributed by atoms with van der Waals surface area (Å²) in [5.41, 5.74) is 5.37. The molecule has 7 nitrogen and oxygen atoms in total. The molecule has 0 saturated heterocycles. The maximum Gasteiger partial charge on any atom is 0.357 e. The summed E-state index contributed by atoms with van der Waals surface area (Å²) in [4.78, 5) is 39.7. The summed E-state index contributed by atoms with van der Waals surface area (Å²) in [6.45, 7) is 13.0. The Morgan fingerprint density at radius 1 is 1.00 bits per heavy atom. The van der Waals surface area contributed by atoms with Crippen molar-refractivity contribution in [3.05, 3.63) is 45.0 Å². The van der Waals surface area contributed by atoms with E-state index in [-0.39, 0.29) is 30.7 Å². The first kappa shape index (κ1) is 23.5. The molecule has 0 saturated carbocycles. The lowest BCUT2D eigenvalue weighted by Gasteiger charge is -2.15. The molecule has 3 rings (SSSR count). The number of fused-ring (bicyclic) bond motifs is 1. The minimum Gasteiger partial charge on any atom is -0.461 e. The Kier molecular flexibility index (Phi) is 6.74. The molecule has 0 fully saturated rings. The van der Waals surface area contributed by atoms with E-state index in [4.69, 9.17) is 4.74 Å². The van der Waals surface area contributed by atoms with Crippen LogP contribution < -0.4 is 10.6 Å². The Labute approximate surface area is 191 Å². The van der Waals surface area contributed by atoms with E-state index < -0.39 is 5.97 Å². The van der Waals surface area contributed by atoms with Crippen LogP contribution in [0.25, 0.3) is 10.2 Å². The molecular formula is C24H29N3O4S. The van der Waals surface area contributed by atoms with E-state index in [1.807, 2.05) is 46.8 Å². The van der Waals surface area contributed by atoms with Crippen LogP contribution in [0, 0.1) is 34.6 Å². The lowest BCUT2D eigenvalue weighted by molar-refractivity contribution is -0.116. The summed E-state index contributed by atoms with van der Waals surface area (Å²) < 4.78 is 6.92. The highest BCUT2D eigenvalue weighted by Gasteiger charge is 2.29. The molecule has 2 heterocycles. The van der Waals surface area contributed by atoms with Crippen molar-refractivity contribution in [2.45, 2.75) is 55.0 Å². The third-order valence-electron chi connectivity index (χ3n) is 5.38. The van der Waals surface area contributed by atoms with Gasteiger partial charge in [-0.1, -0.05) is 17.7 Å². The number of carbonyl (C=O) groups excluding carboxylic acids is 3. The number of aromatic nitrogens is 1. The van der Waals surface area contributed by atoms with Gasteiger partial charge in [-0.2, -0.15) is 0 Å². The molecule has 0 radical (unpaired) electrons. The van der Waals surface area contributed by atoms with Crippen molar-refractivity contribution in [3.8, 4) is 0 Å². The van der Waals surface area contributed by atoms with Crippen molar-refractivity contribution in [1.29, 1.82) is 0 Å². The van der Waals surface area contributed by atoms with Crippen molar-refractivity contribution in [2.24, 2.45) is 0 Å². The fourth-order valence-corrected chi connectivity index (χ4v) is 5.18. The van der Waals surface area contributed by atoms with E-state index in [1.165, 1.54) is 18.3 Å². The Bertz CT molecular complexity index is 1210. The van der Waals surface area contributed by atoms with Gasteiger partial charge in [0, 0.05) is 22.9 Å². The number of ether oxygens (including phenoxy) is 1. The van der Waals surface area contributed by atoms with E-state index in [2.05, 4.69) is 10.6 Å². The first-order valence-corrected chi connectivity index (χ1v) is 11.3. The molecule has 0 aliphatic carbocycles. The van der Waals surface area contributed by atoms with E-state index in [0.29, 0.717) is 5.69 Å². The standard InChI is InChI=1S/C24H29N3O4S/c1-8-31-24(30)22-21(25-17(7)28)19-15(5)16(6)32-23(19)27(22)11-18(29)26-20-13(3)9-12(2)10-14(20)4/h9-10H,8,11H2,1-7H3,(H,25,28)(H,26,29). The highest BCUT2D eigenvalue weighted by Crippen LogP contribution is 2.40. The number of benzene rings is 1. The maximum absolute atomic E-state index is 13.1. The largest absolute Gasteiger partial charge is 0.461 e. The summed E-state index contributed by atoms with van der Waals surface area (Å²) in [7, 11) is 0. The lowest BCUT2D eigenvalue weighted by atomic mass is 10.1. The van der Waals surface area contributed by atoms with Crippen LogP contribution in [0.3, 0.4) is 0 Å². The summed E-state index contributed by atoms with van der Waals surface area (Å²) in [6, 6.07) is 4.03. The number of aryl methyl sites for hydroxylation is 5. The van der Waals surface area contributed by atoms with Crippen LogP contribution >= 0.6 is 11.3 Å². The second-order valence-electron chi connectivity index (χ2n) is 8.00. The van der Waals surface area contributed by atoms with E-state index in [0.717, 1.165) is 43.0 Å². The summed E-state index contributed by atoms with van der Waals surface area (Å²) in [5, 5.41) is 6.55. The Morgan fingerprint density at radius 2 is 1.62 bits per heavy atom. The topological polar surface area (TPSA) is 89.4 Å². The number of amides is 2. The molecule has 0 unspecified atom stereocenters. The Morgan fingerprint density at radius 3 is 2.19 bits per heavy atom. The third kappa shape index (κ3) is 4.41. The second kappa shape index (κ2) is 9.16. The van der Waals surface area contributed by atoms with Gasteiger partial charge < -0.3 is 19.9 Å². The zero-order valence-electron chi connectivity index (χ0n) is 19.6. The van der Waals surface area contributed by atoms with Gasteiger partial charge in [0.2, 0.25) is 11.8 Å². The van der Waals surface area contributed by atoms with Crippen molar-refractivity contribution >= 4 is 50.7 Å². The fourth-order valence-electron chi connectivity index (χ4n) is 4.01. The summed E-state index contributed by atoms with van der Waals surface area (Å²) in [6.07, 6.45) is 0. The summed E-state index contributed by atoms with van der Waals surface area (Å²) in [5.74, 6) is -1.14. The Balaban J connectivity index is 2.11. The maximum atomic E-state index is 13.1. The SMILES string of the molecule is CCOC(=O)c1c(NC(C)=O)c2c(C)c(C)sc2n1CC(=O)Nc1c(C)cc(C)cc1C. The molecular weight excluding hydrogens is 426 g/mol. The quantitative estimate of drug-likeness (QED) is 0.511. The number of anilines is 2. The number of hydrogen-bond donors (Lipinski definition) is 2. The first-order valence-electron chi connectivity index (χ1n) is 10.5. The molecule has 0 spiro atoms.